The number of aryl methyl sites for hydroxylation is 1. The zero-order valence-corrected chi connectivity index (χ0v) is 14.5. The van der Waals surface area contributed by atoms with Crippen LogP contribution in [0.25, 0.3) is 0 Å². The molecular weight excluding hydrogens is 284 g/mol. The molecule has 2 aromatic rings. The van der Waals surface area contributed by atoms with Gasteiger partial charge in [0, 0.05) is 26.2 Å². The van der Waals surface area contributed by atoms with E-state index >= 15 is 0 Å². The van der Waals surface area contributed by atoms with Gasteiger partial charge in [0.15, 0.2) is 0 Å². The van der Waals surface area contributed by atoms with E-state index in [1.807, 2.05) is 12.1 Å². The number of phenols is 1. The number of benzene rings is 2. The van der Waals surface area contributed by atoms with Crippen LogP contribution >= 0.6 is 0 Å². The molecule has 0 radical (unpaired) electrons. The summed E-state index contributed by atoms with van der Waals surface area (Å²) in [7, 11) is 4.20. The van der Waals surface area contributed by atoms with Crippen LogP contribution in [0.3, 0.4) is 0 Å². The van der Waals surface area contributed by atoms with Crippen molar-refractivity contribution in [2.75, 3.05) is 27.2 Å². The maximum atomic E-state index is 9.68. The molecule has 0 heterocycles. The van der Waals surface area contributed by atoms with Crippen LogP contribution in [0.2, 0.25) is 0 Å². The zero-order chi connectivity index (χ0) is 16.7. The van der Waals surface area contributed by atoms with Gasteiger partial charge in [0.1, 0.15) is 5.75 Å². The minimum absolute atomic E-state index is 0.336. The molecule has 0 saturated carbocycles. The Hall–Kier alpha value is -1.84. The van der Waals surface area contributed by atoms with Crippen LogP contribution in [0.5, 0.6) is 5.75 Å². The van der Waals surface area contributed by atoms with E-state index in [0.717, 1.165) is 38.2 Å². The highest BCUT2D eigenvalue weighted by molar-refractivity contribution is 5.27. The Labute approximate surface area is 140 Å². The van der Waals surface area contributed by atoms with E-state index < -0.39 is 0 Å². The second-order valence-electron chi connectivity index (χ2n) is 6.36. The van der Waals surface area contributed by atoms with Crippen LogP contribution in [0.1, 0.15) is 23.6 Å². The van der Waals surface area contributed by atoms with Gasteiger partial charge in [0.05, 0.1) is 0 Å². The number of hydrogen-bond donors (Lipinski definition) is 1. The average molecular weight is 312 g/mol. The van der Waals surface area contributed by atoms with E-state index in [-0.39, 0.29) is 0 Å². The van der Waals surface area contributed by atoms with Gasteiger partial charge in [0.2, 0.25) is 0 Å². The quantitative estimate of drug-likeness (QED) is 0.808. The predicted molar refractivity (Wildman–Crippen MR) is 96.6 cm³/mol. The molecular formula is C20H28N2O. The van der Waals surface area contributed by atoms with Crippen LogP contribution in [0.15, 0.2) is 48.5 Å². The van der Waals surface area contributed by atoms with Crippen molar-refractivity contribution in [3.63, 3.8) is 0 Å². The Balaban J connectivity index is 2.09. The first-order valence-corrected chi connectivity index (χ1v) is 8.29. The number of hydrogen-bond acceptors (Lipinski definition) is 3. The molecule has 2 aromatic carbocycles. The highest BCUT2D eigenvalue weighted by Crippen LogP contribution is 2.15. The van der Waals surface area contributed by atoms with Crippen molar-refractivity contribution in [1.29, 1.82) is 0 Å². The summed E-state index contributed by atoms with van der Waals surface area (Å²) in [6, 6.07) is 16.4. The van der Waals surface area contributed by atoms with Crippen molar-refractivity contribution in [3.05, 3.63) is 65.2 Å². The van der Waals surface area contributed by atoms with Gasteiger partial charge in [-0.3, -0.25) is 4.90 Å². The lowest BCUT2D eigenvalue weighted by Crippen LogP contribution is -2.31. The van der Waals surface area contributed by atoms with Gasteiger partial charge in [0.25, 0.3) is 0 Å². The largest absolute Gasteiger partial charge is 0.508 e. The molecule has 0 fully saturated rings. The van der Waals surface area contributed by atoms with Crippen LogP contribution in [0, 0.1) is 0 Å². The fourth-order valence-electron chi connectivity index (χ4n) is 2.67. The summed E-state index contributed by atoms with van der Waals surface area (Å²) < 4.78 is 0. The molecule has 2 rings (SSSR count). The lowest BCUT2D eigenvalue weighted by molar-refractivity contribution is 0.226. The summed E-state index contributed by atoms with van der Waals surface area (Å²) in [4.78, 5) is 4.64. The maximum absolute atomic E-state index is 9.68. The standard InChI is InChI=1S/C20H28N2O/c1-4-17-7-5-8-18(13-17)15-22(12-11-21(2)3)16-19-9-6-10-20(23)14-19/h5-10,13-14,23H,4,11-12,15-16H2,1-3H3. The molecule has 0 aliphatic heterocycles. The number of nitrogens with zero attached hydrogens (tertiary/aromatic N) is 2. The van der Waals surface area contributed by atoms with Crippen molar-refractivity contribution < 1.29 is 5.11 Å². The summed E-state index contributed by atoms with van der Waals surface area (Å²) in [6.07, 6.45) is 1.07. The molecule has 0 saturated heterocycles. The van der Waals surface area contributed by atoms with Crippen molar-refractivity contribution in [2.45, 2.75) is 26.4 Å². The molecule has 0 unspecified atom stereocenters. The fourth-order valence-corrected chi connectivity index (χ4v) is 2.67. The van der Waals surface area contributed by atoms with Gasteiger partial charge in [-0.1, -0.05) is 43.3 Å². The van der Waals surface area contributed by atoms with Crippen molar-refractivity contribution in [2.24, 2.45) is 0 Å². The first kappa shape index (κ1) is 17.5. The Morgan fingerprint density at radius 1 is 0.826 bits per heavy atom. The van der Waals surface area contributed by atoms with E-state index in [1.54, 1.807) is 6.07 Å². The number of likely N-dealkylation sites (N-methyl/N-ethyl adjacent to an activating group) is 1. The zero-order valence-electron chi connectivity index (χ0n) is 14.5. The molecule has 0 amide bonds. The van der Waals surface area contributed by atoms with E-state index in [2.05, 4.69) is 61.2 Å². The average Bonchev–Trinajstić information content (AvgIpc) is 2.53. The highest BCUT2D eigenvalue weighted by atomic mass is 16.3. The number of aromatic hydroxyl groups is 1. The molecule has 0 spiro atoms. The normalized spacial score (nSPS) is 11.3. The third kappa shape index (κ3) is 6.05. The second-order valence-corrected chi connectivity index (χ2v) is 6.36. The van der Waals surface area contributed by atoms with Gasteiger partial charge >= 0.3 is 0 Å². The predicted octanol–water partition coefficient (Wildman–Crippen LogP) is 3.52. The Bertz CT molecular complexity index is 610. The first-order valence-electron chi connectivity index (χ1n) is 8.29. The number of rotatable bonds is 8. The van der Waals surface area contributed by atoms with E-state index in [9.17, 15) is 5.11 Å². The van der Waals surface area contributed by atoms with Crippen LogP contribution in [0.4, 0.5) is 0 Å². The SMILES string of the molecule is CCc1cccc(CN(CCN(C)C)Cc2cccc(O)c2)c1. The minimum atomic E-state index is 0.336. The summed E-state index contributed by atoms with van der Waals surface area (Å²) in [5, 5.41) is 9.68. The lowest BCUT2D eigenvalue weighted by Gasteiger charge is -2.24. The highest BCUT2D eigenvalue weighted by Gasteiger charge is 2.09. The van der Waals surface area contributed by atoms with Crippen LogP contribution in [-0.4, -0.2) is 42.1 Å². The van der Waals surface area contributed by atoms with Gasteiger partial charge in [-0.25, -0.2) is 0 Å². The van der Waals surface area contributed by atoms with Crippen LogP contribution in [-0.2, 0) is 19.5 Å². The summed E-state index contributed by atoms with van der Waals surface area (Å²) in [5.74, 6) is 0.336. The number of phenolic OH excluding ortho intramolecular Hbond substituents is 1. The van der Waals surface area contributed by atoms with E-state index in [1.165, 1.54) is 11.1 Å². The van der Waals surface area contributed by atoms with Gasteiger partial charge in [-0.2, -0.15) is 0 Å². The van der Waals surface area contributed by atoms with E-state index in [0.29, 0.717) is 5.75 Å². The molecule has 124 valence electrons. The molecule has 0 aliphatic carbocycles. The molecule has 3 nitrogen and oxygen atoms in total. The first-order chi connectivity index (χ1) is 11.1. The second kappa shape index (κ2) is 8.70. The molecule has 0 bridgehead atoms. The Morgan fingerprint density at radius 2 is 1.43 bits per heavy atom. The molecule has 3 heteroatoms. The minimum Gasteiger partial charge on any atom is -0.508 e. The summed E-state index contributed by atoms with van der Waals surface area (Å²) >= 11 is 0. The molecule has 0 aromatic heterocycles. The van der Waals surface area contributed by atoms with Gasteiger partial charge in [-0.05, 0) is 49.3 Å². The Kier molecular flexibility index (Phi) is 6.63. The summed E-state index contributed by atoms with van der Waals surface area (Å²) in [6.45, 7) is 5.98. The monoisotopic (exact) mass is 312 g/mol. The van der Waals surface area contributed by atoms with Crippen molar-refractivity contribution in [1.82, 2.24) is 9.80 Å². The molecule has 0 aliphatic rings. The maximum Gasteiger partial charge on any atom is 0.115 e. The van der Waals surface area contributed by atoms with Gasteiger partial charge in [-0.15, -0.1) is 0 Å². The van der Waals surface area contributed by atoms with Crippen LogP contribution < -0.4 is 0 Å². The third-order valence-electron chi connectivity index (χ3n) is 3.99. The Morgan fingerprint density at radius 3 is 2.04 bits per heavy atom. The lowest BCUT2D eigenvalue weighted by atomic mass is 10.1. The molecule has 23 heavy (non-hydrogen) atoms. The fraction of sp³-hybridized carbons (Fsp3) is 0.400. The topological polar surface area (TPSA) is 26.7 Å². The third-order valence-corrected chi connectivity index (χ3v) is 3.99. The molecule has 0 atom stereocenters. The van der Waals surface area contributed by atoms with E-state index in [4.69, 9.17) is 0 Å². The van der Waals surface area contributed by atoms with Gasteiger partial charge < -0.3 is 10.0 Å². The molecule has 1 N–H and O–H groups in total. The van der Waals surface area contributed by atoms with Crippen molar-refractivity contribution >= 4 is 0 Å². The smallest absolute Gasteiger partial charge is 0.115 e. The van der Waals surface area contributed by atoms with Crippen molar-refractivity contribution in [3.8, 4) is 5.75 Å². The summed E-state index contributed by atoms with van der Waals surface area (Å²) in [5.41, 5.74) is 3.88.